The molecule has 0 spiro atoms. The molecule has 0 bridgehead atoms. The third kappa shape index (κ3) is 4.37. The molecule has 156 valence electrons. The van der Waals surface area contributed by atoms with Crippen LogP contribution in [-0.4, -0.2) is 26.8 Å². The number of thioether (sulfide) groups is 1. The number of allylic oxidation sites excluding steroid dienone is 1. The third-order valence-electron chi connectivity index (χ3n) is 5.34. The van der Waals surface area contributed by atoms with Gasteiger partial charge in [0.1, 0.15) is 4.83 Å². The molecule has 1 aliphatic carbocycles. The molecule has 1 amide bonds. The van der Waals surface area contributed by atoms with Crippen LogP contribution in [0, 0.1) is 0 Å². The van der Waals surface area contributed by atoms with Crippen LogP contribution in [0.15, 0.2) is 59.0 Å². The zero-order valence-corrected chi connectivity index (χ0v) is 18.6. The minimum atomic E-state index is -0.334. The molecule has 1 unspecified atom stereocenters. The van der Waals surface area contributed by atoms with Crippen molar-refractivity contribution < 1.29 is 4.79 Å². The first-order valence-electron chi connectivity index (χ1n) is 10.2. The Morgan fingerprint density at radius 3 is 2.80 bits per heavy atom. The van der Waals surface area contributed by atoms with Crippen molar-refractivity contribution in [2.24, 2.45) is 0 Å². The van der Waals surface area contributed by atoms with Crippen LogP contribution in [0.4, 0.5) is 0 Å². The fourth-order valence-corrected chi connectivity index (χ4v) is 5.73. The topological polar surface area (TPSA) is 64.0 Å². The van der Waals surface area contributed by atoms with Gasteiger partial charge in [-0.1, -0.05) is 61.0 Å². The van der Waals surface area contributed by atoms with Gasteiger partial charge in [0, 0.05) is 17.5 Å². The van der Waals surface area contributed by atoms with E-state index in [1.54, 1.807) is 10.6 Å². The molecule has 1 atom stereocenters. The van der Waals surface area contributed by atoms with Crippen LogP contribution in [0.1, 0.15) is 32.6 Å². The predicted octanol–water partition coefficient (Wildman–Crippen LogP) is 4.85. The molecule has 2 aromatic heterocycles. The van der Waals surface area contributed by atoms with Gasteiger partial charge < -0.3 is 5.32 Å². The Kier molecular flexibility index (Phi) is 6.39. The maximum atomic E-state index is 13.2. The SMILES string of the molecule is C=CCn1c(SC(C)C(=O)NC2CCCC2)nc2sc(-c3ccccc3)cc2c1=O. The summed E-state index contributed by atoms with van der Waals surface area (Å²) in [6.45, 7) is 6.01. The second-order valence-corrected chi connectivity index (χ2v) is 9.88. The van der Waals surface area contributed by atoms with Crippen molar-refractivity contribution in [1.29, 1.82) is 0 Å². The monoisotopic (exact) mass is 439 g/mol. The molecule has 2 heterocycles. The molecule has 1 fully saturated rings. The number of amides is 1. The maximum Gasteiger partial charge on any atom is 0.263 e. The molecule has 0 aliphatic heterocycles. The smallest absolute Gasteiger partial charge is 0.263 e. The van der Waals surface area contributed by atoms with Gasteiger partial charge in [-0.05, 0) is 31.4 Å². The molecule has 7 heteroatoms. The maximum absolute atomic E-state index is 13.2. The largest absolute Gasteiger partial charge is 0.352 e. The highest BCUT2D eigenvalue weighted by atomic mass is 32.2. The predicted molar refractivity (Wildman–Crippen MR) is 125 cm³/mol. The number of rotatable bonds is 7. The standard InChI is InChI=1S/C23H25N3O2S2/c1-3-13-26-22(28)18-14-19(16-9-5-4-6-10-16)30-21(18)25-23(26)29-15(2)20(27)24-17-11-7-8-12-17/h3-6,9-10,14-15,17H,1,7-8,11-13H2,2H3,(H,24,27). The van der Waals surface area contributed by atoms with Crippen molar-refractivity contribution in [3.8, 4) is 10.4 Å². The molecule has 0 saturated heterocycles. The number of carbonyl (C=O) groups is 1. The Hall–Kier alpha value is -2.38. The second kappa shape index (κ2) is 9.18. The van der Waals surface area contributed by atoms with Crippen molar-refractivity contribution in [1.82, 2.24) is 14.9 Å². The molecular weight excluding hydrogens is 414 g/mol. The van der Waals surface area contributed by atoms with Gasteiger partial charge in [-0.3, -0.25) is 14.2 Å². The number of hydrogen-bond acceptors (Lipinski definition) is 5. The van der Waals surface area contributed by atoms with Crippen molar-refractivity contribution in [3.05, 3.63) is 59.4 Å². The first-order valence-corrected chi connectivity index (χ1v) is 11.9. The van der Waals surface area contributed by atoms with Crippen LogP contribution in [-0.2, 0) is 11.3 Å². The minimum absolute atomic E-state index is 0.00236. The Morgan fingerprint density at radius 1 is 1.37 bits per heavy atom. The molecule has 1 aromatic carbocycles. The number of fused-ring (bicyclic) bond motifs is 1. The molecule has 3 aromatic rings. The van der Waals surface area contributed by atoms with Gasteiger partial charge in [-0.2, -0.15) is 0 Å². The van der Waals surface area contributed by atoms with Crippen LogP contribution in [0.25, 0.3) is 20.7 Å². The lowest BCUT2D eigenvalue weighted by atomic mass is 10.2. The van der Waals surface area contributed by atoms with E-state index in [1.165, 1.54) is 35.9 Å². The van der Waals surface area contributed by atoms with Gasteiger partial charge >= 0.3 is 0 Å². The van der Waals surface area contributed by atoms with E-state index in [0.29, 0.717) is 21.9 Å². The minimum Gasteiger partial charge on any atom is -0.352 e. The summed E-state index contributed by atoms with van der Waals surface area (Å²) in [5, 5.41) is 3.96. The summed E-state index contributed by atoms with van der Waals surface area (Å²) in [7, 11) is 0. The molecule has 1 N–H and O–H groups in total. The molecule has 1 saturated carbocycles. The Balaban J connectivity index is 1.65. The van der Waals surface area contributed by atoms with Gasteiger partial charge in [0.15, 0.2) is 5.16 Å². The summed E-state index contributed by atoms with van der Waals surface area (Å²) in [6, 6.07) is 12.2. The summed E-state index contributed by atoms with van der Waals surface area (Å²) in [4.78, 5) is 32.3. The van der Waals surface area contributed by atoms with Crippen LogP contribution in [0.2, 0.25) is 0 Å². The quantitative estimate of drug-likeness (QED) is 0.325. The lowest BCUT2D eigenvalue weighted by molar-refractivity contribution is -0.120. The van der Waals surface area contributed by atoms with Gasteiger partial charge in [-0.15, -0.1) is 17.9 Å². The zero-order chi connectivity index (χ0) is 21.1. The normalized spacial score (nSPS) is 15.4. The average molecular weight is 440 g/mol. The van der Waals surface area contributed by atoms with Gasteiger partial charge in [0.2, 0.25) is 5.91 Å². The van der Waals surface area contributed by atoms with E-state index in [9.17, 15) is 9.59 Å². The third-order valence-corrected chi connectivity index (χ3v) is 7.51. The van der Waals surface area contributed by atoms with Gasteiger partial charge in [-0.25, -0.2) is 4.98 Å². The van der Waals surface area contributed by atoms with Gasteiger partial charge in [0.25, 0.3) is 5.56 Å². The van der Waals surface area contributed by atoms with Crippen molar-refractivity contribution in [2.75, 3.05) is 0 Å². The van der Waals surface area contributed by atoms with E-state index in [1.807, 2.05) is 43.3 Å². The Bertz CT molecular complexity index is 1110. The second-order valence-electron chi connectivity index (χ2n) is 7.54. The van der Waals surface area contributed by atoms with Crippen molar-refractivity contribution in [2.45, 2.75) is 55.6 Å². The fraction of sp³-hybridized carbons (Fsp3) is 0.348. The van der Waals surface area contributed by atoms with E-state index in [4.69, 9.17) is 4.98 Å². The highest BCUT2D eigenvalue weighted by Crippen LogP contribution is 2.33. The number of aromatic nitrogens is 2. The lowest BCUT2D eigenvalue weighted by Gasteiger charge is -2.17. The molecule has 1 aliphatic rings. The molecule has 4 rings (SSSR count). The number of nitrogens with zero attached hydrogens (tertiary/aromatic N) is 2. The highest BCUT2D eigenvalue weighted by Gasteiger charge is 2.23. The molecular formula is C23H25N3O2S2. The van der Waals surface area contributed by atoms with E-state index < -0.39 is 0 Å². The number of hydrogen-bond donors (Lipinski definition) is 1. The number of carbonyl (C=O) groups excluding carboxylic acids is 1. The van der Waals surface area contributed by atoms with E-state index in [0.717, 1.165) is 23.3 Å². The van der Waals surface area contributed by atoms with Crippen molar-refractivity contribution in [3.63, 3.8) is 0 Å². The Morgan fingerprint density at radius 2 is 2.10 bits per heavy atom. The summed E-state index contributed by atoms with van der Waals surface area (Å²) < 4.78 is 1.61. The highest BCUT2D eigenvalue weighted by molar-refractivity contribution is 8.00. The zero-order valence-electron chi connectivity index (χ0n) is 17.0. The summed E-state index contributed by atoms with van der Waals surface area (Å²) in [6.07, 6.45) is 6.13. The lowest BCUT2D eigenvalue weighted by Crippen LogP contribution is -2.38. The number of nitrogens with one attached hydrogen (secondary N) is 1. The van der Waals surface area contributed by atoms with E-state index >= 15 is 0 Å². The first-order chi connectivity index (χ1) is 14.6. The van der Waals surface area contributed by atoms with Crippen LogP contribution < -0.4 is 10.9 Å². The summed E-state index contributed by atoms with van der Waals surface area (Å²) in [5.41, 5.74) is 0.970. The molecule has 5 nitrogen and oxygen atoms in total. The first kappa shape index (κ1) is 20.9. The van der Waals surface area contributed by atoms with Crippen LogP contribution in [0.5, 0.6) is 0 Å². The Labute approximate surface area is 184 Å². The molecule has 30 heavy (non-hydrogen) atoms. The summed E-state index contributed by atoms with van der Waals surface area (Å²) in [5.74, 6) is 0.00236. The average Bonchev–Trinajstić information content (AvgIpc) is 3.41. The number of benzene rings is 1. The van der Waals surface area contributed by atoms with E-state index in [2.05, 4.69) is 11.9 Å². The fourth-order valence-electron chi connectivity index (χ4n) is 3.72. The summed E-state index contributed by atoms with van der Waals surface area (Å²) >= 11 is 2.84. The van der Waals surface area contributed by atoms with Crippen molar-refractivity contribution >= 4 is 39.2 Å². The van der Waals surface area contributed by atoms with Crippen LogP contribution >= 0.6 is 23.1 Å². The van der Waals surface area contributed by atoms with Crippen LogP contribution in [0.3, 0.4) is 0 Å². The van der Waals surface area contributed by atoms with Gasteiger partial charge in [0.05, 0.1) is 10.6 Å². The molecule has 0 radical (unpaired) electrons. The number of thiophene rings is 1. The van der Waals surface area contributed by atoms with E-state index in [-0.39, 0.29) is 22.8 Å².